The molecule has 1 atom stereocenters. The second kappa shape index (κ2) is 9.90. The lowest BCUT2D eigenvalue weighted by atomic mass is 9.93. The highest BCUT2D eigenvalue weighted by Crippen LogP contribution is 2.21. The predicted molar refractivity (Wildman–Crippen MR) is 74.1 cm³/mol. The summed E-state index contributed by atoms with van der Waals surface area (Å²) in [5.41, 5.74) is 6.00. The fourth-order valence-electron chi connectivity index (χ4n) is 2.74. The van der Waals surface area contributed by atoms with Crippen molar-refractivity contribution in [2.45, 2.75) is 77.2 Å². The maximum atomic E-state index is 6.00. The van der Waals surface area contributed by atoms with E-state index < -0.39 is 0 Å². The van der Waals surface area contributed by atoms with Crippen molar-refractivity contribution in [3.63, 3.8) is 0 Å². The summed E-state index contributed by atoms with van der Waals surface area (Å²) in [5.74, 6) is 0.950. The van der Waals surface area contributed by atoms with Gasteiger partial charge < -0.3 is 10.5 Å². The second-order valence-electron chi connectivity index (χ2n) is 5.60. The largest absolute Gasteiger partial charge is 0.381 e. The second-order valence-corrected chi connectivity index (χ2v) is 5.60. The molecule has 1 fully saturated rings. The van der Waals surface area contributed by atoms with Crippen molar-refractivity contribution in [2.24, 2.45) is 11.7 Å². The zero-order valence-corrected chi connectivity index (χ0v) is 11.6. The van der Waals surface area contributed by atoms with E-state index in [1.54, 1.807) is 0 Å². The summed E-state index contributed by atoms with van der Waals surface area (Å²) >= 11 is 0. The quantitative estimate of drug-likeness (QED) is 0.622. The third-order valence-corrected chi connectivity index (χ3v) is 3.94. The van der Waals surface area contributed by atoms with Crippen LogP contribution >= 0.6 is 0 Å². The van der Waals surface area contributed by atoms with Crippen molar-refractivity contribution < 1.29 is 4.74 Å². The number of hydrogen-bond acceptors (Lipinski definition) is 2. The Kier molecular flexibility index (Phi) is 8.72. The highest BCUT2D eigenvalue weighted by molar-refractivity contribution is 4.64. The molecule has 0 aromatic rings. The topological polar surface area (TPSA) is 35.2 Å². The maximum absolute atomic E-state index is 6.00. The first-order chi connectivity index (χ1) is 8.33. The van der Waals surface area contributed by atoms with Crippen molar-refractivity contribution in [1.82, 2.24) is 0 Å². The van der Waals surface area contributed by atoms with Crippen molar-refractivity contribution in [2.75, 3.05) is 13.2 Å². The van der Waals surface area contributed by atoms with Gasteiger partial charge >= 0.3 is 0 Å². The third-order valence-electron chi connectivity index (χ3n) is 3.94. The van der Waals surface area contributed by atoms with Crippen LogP contribution in [0.15, 0.2) is 0 Å². The zero-order valence-electron chi connectivity index (χ0n) is 11.6. The van der Waals surface area contributed by atoms with Crippen LogP contribution in [0.4, 0.5) is 0 Å². The summed E-state index contributed by atoms with van der Waals surface area (Å²) < 4.78 is 5.38. The minimum absolute atomic E-state index is 0.454. The molecule has 1 rings (SSSR count). The van der Waals surface area contributed by atoms with E-state index in [0.717, 1.165) is 19.1 Å². The molecule has 1 aliphatic rings. The van der Waals surface area contributed by atoms with E-state index in [9.17, 15) is 0 Å². The van der Waals surface area contributed by atoms with Gasteiger partial charge in [-0.1, -0.05) is 45.4 Å². The van der Waals surface area contributed by atoms with E-state index in [1.807, 2.05) is 0 Å². The zero-order chi connectivity index (χ0) is 12.3. The Morgan fingerprint density at radius 1 is 1.06 bits per heavy atom. The first-order valence-electron chi connectivity index (χ1n) is 7.66. The van der Waals surface area contributed by atoms with Gasteiger partial charge in [0.25, 0.3) is 0 Å². The lowest BCUT2D eigenvalue weighted by Gasteiger charge is -2.21. The molecule has 1 saturated heterocycles. The van der Waals surface area contributed by atoms with Gasteiger partial charge in [-0.25, -0.2) is 0 Å². The van der Waals surface area contributed by atoms with Crippen LogP contribution < -0.4 is 5.73 Å². The molecule has 0 spiro atoms. The summed E-state index contributed by atoms with van der Waals surface area (Å²) in [6.07, 6.45) is 13.2. The van der Waals surface area contributed by atoms with Crippen molar-refractivity contribution >= 4 is 0 Å². The van der Waals surface area contributed by atoms with Gasteiger partial charge in [-0.3, -0.25) is 0 Å². The van der Waals surface area contributed by atoms with Crippen LogP contribution in [0.1, 0.15) is 71.1 Å². The molecule has 2 nitrogen and oxygen atoms in total. The molecule has 102 valence electrons. The SMILES string of the molecule is CCCC(N)CCCCCCC1CCOCC1. The Labute approximate surface area is 107 Å². The Morgan fingerprint density at radius 3 is 2.47 bits per heavy atom. The highest BCUT2D eigenvalue weighted by atomic mass is 16.5. The summed E-state index contributed by atoms with van der Waals surface area (Å²) in [4.78, 5) is 0. The fourth-order valence-corrected chi connectivity index (χ4v) is 2.74. The molecule has 0 bridgehead atoms. The van der Waals surface area contributed by atoms with Gasteiger partial charge in [0.2, 0.25) is 0 Å². The summed E-state index contributed by atoms with van der Waals surface area (Å²) in [7, 11) is 0. The number of rotatable bonds is 9. The Hall–Kier alpha value is -0.0800. The standard InChI is InChI=1S/C15H31NO/c1-2-7-15(16)9-6-4-3-5-8-14-10-12-17-13-11-14/h14-15H,2-13,16H2,1H3. The van der Waals surface area contributed by atoms with Crippen LogP contribution in [0.5, 0.6) is 0 Å². The molecule has 1 aliphatic heterocycles. The summed E-state index contributed by atoms with van der Waals surface area (Å²) in [6.45, 7) is 4.21. The van der Waals surface area contributed by atoms with E-state index in [-0.39, 0.29) is 0 Å². The Morgan fingerprint density at radius 2 is 1.76 bits per heavy atom. The van der Waals surface area contributed by atoms with Crippen LogP contribution in [-0.4, -0.2) is 19.3 Å². The lowest BCUT2D eigenvalue weighted by Crippen LogP contribution is -2.19. The van der Waals surface area contributed by atoms with Gasteiger partial charge in [-0.2, -0.15) is 0 Å². The average Bonchev–Trinajstić information content (AvgIpc) is 2.35. The summed E-state index contributed by atoms with van der Waals surface area (Å²) in [5, 5.41) is 0. The van der Waals surface area contributed by atoms with Gasteiger partial charge in [0, 0.05) is 19.3 Å². The molecule has 0 saturated carbocycles. The molecule has 2 N–H and O–H groups in total. The molecule has 0 aromatic carbocycles. The summed E-state index contributed by atoms with van der Waals surface area (Å²) in [6, 6.07) is 0.454. The maximum Gasteiger partial charge on any atom is 0.0468 e. The fraction of sp³-hybridized carbons (Fsp3) is 1.00. The average molecular weight is 241 g/mol. The van der Waals surface area contributed by atoms with Gasteiger partial charge in [-0.05, 0) is 31.6 Å². The number of unbranched alkanes of at least 4 members (excludes halogenated alkanes) is 3. The number of hydrogen-bond donors (Lipinski definition) is 1. The van der Waals surface area contributed by atoms with Crippen molar-refractivity contribution in [1.29, 1.82) is 0 Å². The van der Waals surface area contributed by atoms with E-state index >= 15 is 0 Å². The van der Waals surface area contributed by atoms with Crippen molar-refractivity contribution in [3.05, 3.63) is 0 Å². The molecule has 17 heavy (non-hydrogen) atoms. The number of ether oxygens (including phenoxy) is 1. The van der Waals surface area contributed by atoms with E-state index in [0.29, 0.717) is 6.04 Å². The molecule has 0 aliphatic carbocycles. The van der Waals surface area contributed by atoms with E-state index in [4.69, 9.17) is 10.5 Å². The molecular formula is C15H31NO. The van der Waals surface area contributed by atoms with Gasteiger partial charge in [0.1, 0.15) is 0 Å². The minimum atomic E-state index is 0.454. The lowest BCUT2D eigenvalue weighted by molar-refractivity contribution is 0.0631. The van der Waals surface area contributed by atoms with Gasteiger partial charge in [0.15, 0.2) is 0 Å². The van der Waals surface area contributed by atoms with Crippen LogP contribution in [-0.2, 0) is 4.74 Å². The molecule has 0 amide bonds. The molecule has 1 unspecified atom stereocenters. The van der Waals surface area contributed by atoms with Crippen molar-refractivity contribution in [3.8, 4) is 0 Å². The molecule has 0 radical (unpaired) electrons. The smallest absolute Gasteiger partial charge is 0.0468 e. The molecule has 2 heteroatoms. The van der Waals surface area contributed by atoms with Gasteiger partial charge in [0.05, 0.1) is 0 Å². The first kappa shape index (κ1) is 15.0. The highest BCUT2D eigenvalue weighted by Gasteiger charge is 2.12. The van der Waals surface area contributed by atoms with Crippen LogP contribution in [0.3, 0.4) is 0 Å². The van der Waals surface area contributed by atoms with Crippen LogP contribution in [0.2, 0.25) is 0 Å². The third kappa shape index (κ3) is 7.77. The first-order valence-corrected chi connectivity index (χ1v) is 7.66. The molecule has 1 heterocycles. The predicted octanol–water partition coefficient (Wildman–Crippen LogP) is 3.88. The molecule has 0 aromatic heterocycles. The normalized spacial score (nSPS) is 19.4. The monoisotopic (exact) mass is 241 g/mol. The van der Waals surface area contributed by atoms with Crippen LogP contribution in [0, 0.1) is 5.92 Å². The Bertz CT molecular complexity index is 166. The Balaban J connectivity index is 1.83. The van der Waals surface area contributed by atoms with E-state index in [2.05, 4.69) is 6.92 Å². The minimum Gasteiger partial charge on any atom is -0.381 e. The van der Waals surface area contributed by atoms with Crippen LogP contribution in [0.25, 0.3) is 0 Å². The number of nitrogens with two attached hydrogens (primary N) is 1. The molecular weight excluding hydrogens is 210 g/mol. The van der Waals surface area contributed by atoms with E-state index in [1.165, 1.54) is 64.2 Å². The van der Waals surface area contributed by atoms with Gasteiger partial charge in [-0.15, -0.1) is 0 Å².